The highest BCUT2D eigenvalue weighted by molar-refractivity contribution is 6.18. The Morgan fingerprint density at radius 1 is 1.03 bits per heavy atom. The van der Waals surface area contributed by atoms with Crippen LogP contribution < -0.4 is 16.0 Å². The number of hydrogen-bond donors (Lipinski definition) is 3. The first-order valence-corrected chi connectivity index (χ1v) is 12.3. The summed E-state index contributed by atoms with van der Waals surface area (Å²) in [5.41, 5.74) is 8.61. The van der Waals surface area contributed by atoms with Gasteiger partial charge in [0.05, 0.1) is 7.11 Å². The zero-order chi connectivity index (χ0) is 26.1. The van der Waals surface area contributed by atoms with Crippen molar-refractivity contribution < 1.29 is 18.7 Å². The molecule has 8 nitrogen and oxygen atoms in total. The van der Waals surface area contributed by atoms with Gasteiger partial charge in [-0.3, -0.25) is 10.2 Å². The number of rotatable bonds is 12. The Balaban J connectivity index is 1.70. The summed E-state index contributed by atoms with van der Waals surface area (Å²) in [5, 5.41) is 10.2. The number of esters is 1. The zero-order valence-electron chi connectivity index (χ0n) is 19.8. The van der Waals surface area contributed by atoms with Crippen LogP contribution in [0.5, 0.6) is 0 Å². The van der Waals surface area contributed by atoms with E-state index in [1.165, 1.54) is 13.2 Å². The average molecular weight is 531 g/mol. The Morgan fingerprint density at radius 2 is 1.67 bits per heavy atom. The normalized spacial score (nSPS) is 11.5. The van der Waals surface area contributed by atoms with Gasteiger partial charge in [-0.15, -0.1) is 23.2 Å². The quantitative estimate of drug-likeness (QED) is 0.140. The number of nitrogens with zero attached hydrogens (tertiary/aromatic N) is 1. The van der Waals surface area contributed by atoms with E-state index in [1.807, 2.05) is 24.3 Å². The van der Waals surface area contributed by atoms with Gasteiger partial charge in [-0.1, -0.05) is 36.4 Å². The van der Waals surface area contributed by atoms with Crippen molar-refractivity contribution >= 4 is 46.6 Å². The molecule has 0 saturated carbocycles. The number of benzene rings is 2. The average Bonchev–Trinajstić information content (AvgIpc) is 3.39. The van der Waals surface area contributed by atoms with Gasteiger partial charge in [-0.2, -0.15) is 0 Å². The van der Waals surface area contributed by atoms with Crippen LogP contribution in [0.1, 0.15) is 21.7 Å². The summed E-state index contributed by atoms with van der Waals surface area (Å²) in [6.07, 6.45) is 0.240. The number of carbonyl (C=O) groups excluding carboxylic acids is 2. The molecule has 3 aromatic rings. The number of nitrogen functional groups attached to an aromatic ring is 1. The summed E-state index contributed by atoms with van der Waals surface area (Å²) in [4.78, 5) is 27.3. The van der Waals surface area contributed by atoms with E-state index in [1.54, 1.807) is 30.3 Å². The predicted molar refractivity (Wildman–Crippen MR) is 142 cm³/mol. The molecule has 1 amide bonds. The number of anilines is 1. The third-order valence-corrected chi connectivity index (χ3v) is 5.89. The van der Waals surface area contributed by atoms with Gasteiger partial charge in [0.1, 0.15) is 17.6 Å². The highest BCUT2D eigenvalue weighted by Gasteiger charge is 2.24. The fourth-order valence-corrected chi connectivity index (χ4v) is 4.05. The van der Waals surface area contributed by atoms with Gasteiger partial charge < -0.3 is 25.1 Å². The van der Waals surface area contributed by atoms with Crippen molar-refractivity contribution in [3.8, 4) is 11.3 Å². The first-order valence-electron chi connectivity index (χ1n) is 11.3. The maximum Gasteiger partial charge on any atom is 0.328 e. The lowest BCUT2D eigenvalue weighted by Crippen LogP contribution is -2.43. The van der Waals surface area contributed by atoms with Gasteiger partial charge in [0.2, 0.25) is 0 Å². The number of amidine groups is 1. The number of furan rings is 1. The summed E-state index contributed by atoms with van der Waals surface area (Å²) in [7, 11) is 1.27. The maximum atomic E-state index is 12.9. The summed E-state index contributed by atoms with van der Waals surface area (Å²) >= 11 is 11.8. The molecule has 0 radical (unpaired) electrons. The molecule has 10 heteroatoms. The first-order chi connectivity index (χ1) is 17.4. The number of amides is 1. The number of nitrogens with one attached hydrogen (secondary N) is 2. The topological polar surface area (TPSA) is 122 Å². The Morgan fingerprint density at radius 3 is 2.22 bits per heavy atom. The van der Waals surface area contributed by atoms with E-state index < -0.39 is 17.9 Å². The summed E-state index contributed by atoms with van der Waals surface area (Å²) in [6, 6.07) is 16.8. The predicted octanol–water partition coefficient (Wildman–Crippen LogP) is 4.03. The molecule has 190 valence electrons. The van der Waals surface area contributed by atoms with Gasteiger partial charge in [0, 0.05) is 48.1 Å². The molecule has 0 aliphatic carbocycles. The van der Waals surface area contributed by atoms with Gasteiger partial charge >= 0.3 is 5.97 Å². The van der Waals surface area contributed by atoms with Crippen molar-refractivity contribution in [3.05, 3.63) is 77.6 Å². The molecule has 1 atom stereocenters. The van der Waals surface area contributed by atoms with Gasteiger partial charge in [-0.25, -0.2) is 4.79 Å². The molecule has 4 N–H and O–H groups in total. The molecule has 36 heavy (non-hydrogen) atoms. The summed E-state index contributed by atoms with van der Waals surface area (Å²) in [6.45, 7) is 1.33. The monoisotopic (exact) mass is 530 g/mol. The fraction of sp³-hybridized carbons (Fsp3) is 0.269. The second-order valence-corrected chi connectivity index (χ2v) is 8.70. The van der Waals surface area contributed by atoms with Gasteiger partial charge in [0.15, 0.2) is 5.76 Å². The molecule has 0 spiro atoms. The Hall–Kier alpha value is -3.49. The molecule has 0 aliphatic rings. The van der Waals surface area contributed by atoms with Crippen LogP contribution in [0.25, 0.3) is 11.3 Å². The van der Waals surface area contributed by atoms with Crippen LogP contribution in [0, 0.1) is 5.41 Å². The van der Waals surface area contributed by atoms with Crippen LogP contribution in [-0.2, 0) is 16.0 Å². The van der Waals surface area contributed by atoms with Crippen LogP contribution in [0.3, 0.4) is 0 Å². The van der Waals surface area contributed by atoms with E-state index in [2.05, 4.69) is 10.2 Å². The summed E-state index contributed by atoms with van der Waals surface area (Å²) < 4.78 is 10.6. The van der Waals surface area contributed by atoms with E-state index >= 15 is 0 Å². The molecular formula is C26H28Cl2N4O4. The largest absolute Gasteiger partial charge is 0.467 e. The minimum atomic E-state index is -0.904. The molecule has 0 bridgehead atoms. The number of carbonyl (C=O) groups is 2. The molecule has 1 unspecified atom stereocenters. The standard InChI is InChI=1S/C26H28Cl2N4O4/c1-35-26(34)21(16-17-2-8-20(9-3-17)32(14-12-27)15-13-28)31-25(33)23-11-10-22(36-23)18-4-6-19(7-5-18)24(29)30/h2-11,21H,12-16H2,1H3,(H3,29,30)(H,31,33). The van der Waals surface area contributed by atoms with Crippen molar-refractivity contribution in [1.82, 2.24) is 5.32 Å². The molecular weight excluding hydrogens is 503 g/mol. The molecule has 0 fully saturated rings. The highest BCUT2D eigenvalue weighted by atomic mass is 35.5. The van der Waals surface area contributed by atoms with Crippen LogP contribution in [0.4, 0.5) is 5.69 Å². The number of halogens is 2. The molecule has 1 aromatic heterocycles. The van der Waals surface area contributed by atoms with Gasteiger partial charge in [0.25, 0.3) is 5.91 Å². The van der Waals surface area contributed by atoms with E-state index in [0.29, 0.717) is 36.2 Å². The number of alkyl halides is 2. The van der Waals surface area contributed by atoms with Gasteiger partial charge in [-0.05, 0) is 29.8 Å². The number of hydrogen-bond acceptors (Lipinski definition) is 6. The Bertz CT molecular complexity index is 1170. The van der Waals surface area contributed by atoms with E-state index in [0.717, 1.165) is 16.8 Å². The maximum absolute atomic E-state index is 12.9. The molecule has 1 heterocycles. The SMILES string of the molecule is COC(=O)C(Cc1ccc(N(CCCl)CCCl)cc1)NC(=O)c1ccc(-c2ccc(C(=N)N)cc2)o1. The van der Waals surface area contributed by atoms with Crippen molar-refractivity contribution in [3.63, 3.8) is 0 Å². The third kappa shape index (κ3) is 7.02. The van der Waals surface area contributed by atoms with E-state index in [4.69, 9.17) is 43.5 Å². The summed E-state index contributed by atoms with van der Waals surface area (Å²) in [5.74, 6) is 0.351. The number of nitrogens with two attached hydrogens (primary N) is 1. The van der Waals surface area contributed by atoms with Crippen molar-refractivity contribution in [2.45, 2.75) is 12.5 Å². The number of methoxy groups -OCH3 is 1. The smallest absolute Gasteiger partial charge is 0.328 e. The first kappa shape index (κ1) is 27.1. The Kier molecular flexibility index (Phi) is 9.78. The molecule has 3 rings (SSSR count). The lowest BCUT2D eigenvalue weighted by atomic mass is 10.0. The van der Waals surface area contributed by atoms with Crippen LogP contribution in [0.15, 0.2) is 65.1 Å². The second-order valence-electron chi connectivity index (χ2n) is 7.94. The fourth-order valence-electron chi connectivity index (χ4n) is 3.65. The van der Waals surface area contributed by atoms with Crippen LogP contribution >= 0.6 is 23.2 Å². The molecule has 0 saturated heterocycles. The van der Waals surface area contributed by atoms with Crippen LogP contribution in [-0.4, -0.2) is 55.7 Å². The molecule has 0 aliphatic heterocycles. The van der Waals surface area contributed by atoms with Crippen LogP contribution in [0.2, 0.25) is 0 Å². The molecule has 2 aromatic carbocycles. The van der Waals surface area contributed by atoms with Crippen molar-refractivity contribution in [2.24, 2.45) is 5.73 Å². The van der Waals surface area contributed by atoms with E-state index in [-0.39, 0.29) is 18.0 Å². The number of ether oxygens (including phenoxy) is 1. The highest BCUT2D eigenvalue weighted by Crippen LogP contribution is 2.23. The minimum absolute atomic E-state index is 0.0348. The van der Waals surface area contributed by atoms with Crippen molar-refractivity contribution in [2.75, 3.05) is 36.9 Å². The third-order valence-electron chi connectivity index (χ3n) is 5.55. The lowest BCUT2D eigenvalue weighted by Gasteiger charge is -2.23. The Labute approximate surface area is 219 Å². The lowest BCUT2D eigenvalue weighted by molar-refractivity contribution is -0.142. The van der Waals surface area contributed by atoms with E-state index in [9.17, 15) is 9.59 Å². The minimum Gasteiger partial charge on any atom is -0.467 e. The second kappa shape index (κ2) is 13.0. The van der Waals surface area contributed by atoms with Crippen molar-refractivity contribution in [1.29, 1.82) is 5.41 Å². The zero-order valence-corrected chi connectivity index (χ0v) is 21.3.